The van der Waals surface area contributed by atoms with Gasteiger partial charge in [0.1, 0.15) is 6.04 Å². The van der Waals surface area contributed by atoms with Crippen molar-refractivity contribution in [3.8, 4) is 0 Å². The molecule has 158 valence electrons. The third kappa shape index (κ3) is 2.71. The van der Waals surface area contributed by atoms with Gasteiger partial charge in [-0.15, -0.1) is 0 Å². The molecule has 0 saturated carbocycles. The molecule has 2 aliphatic rings. The van der Waals surface area contributed by atoms with E-state index in [-0.39, 0.29) is 23.9 Å². The smallest absolute Gasteiger partial charge is 0.255 e. The number of aromatic nitrogens is 1. The number of fused-ring (bicyclic) bond motifs is 7. The molecule has 3 atom stereocenters. The van der Waals surface area contributed by atoms with Crippen LogP contribution in [0.4, 0.5) is 0 Å². The first-order valence-corrected chi connectivity index (χ1v) is 11.0. The van der Waals surface area contributed by atoms with Crippen LogP contribution in [0.15, 0.2) is 78.9 Å². The summed E-state index contributed by atoms with van der Waals surface area (Å²) < 4.78 is 0. The van der Waals surface area contributed by atoms with E-state index < -0.39 is 6.04 Å². The number of rotatable bonds is 3. The lowest BCUT2D eigenvalue weighted by Crippen LogP contribution is -2.52. The molecule has 4 aromatic rings. The molecule has 1 aromatic heterocycles. The van der Waals surface area contributed by atoms with Gasteiger partial charge in [0, 0.05) is 28.6 Å². The summed E-state index contributed by atoms with van der Waals surface area (Å²) in [5, 5.41) is 4.27. The number of carbonyl (C=O) groups excluding carboxylic acids is 2. The topological polar surface area (TPSA) is 65.2 Å². The Bertz CT molecular complexity index is 1360. The molecular formula is C27H23N3O2. The van der Waals surface area contributed by atoms with Crippen molar-refractivity contribution >= 4 is 22.7 Å². The molecule has 2 aliphatic heterocycles. The number of aromatic amines is 1. The lowest BCUT2D eigenvalue weighted by atomic mass is 9.89. The fraction of sp³-hybridized carbons (Fsp3) is 0.185. The first kappa shape index (κ1) is 18.9. The van der Waals surface area contributed by atoms with Crippen LogP contribution < -0.4 is 5.32 Å². The second-order valence-corrected chi connectivity index (χ2v) is 8.63. The highest BCUT2D eigenvalue weighted by Gasteiger charge is 2.48. The van der Waals surface area contributed by atoms with Gasteiger partial charge in [0.15, 0.2) is 0 Å². The van der Waals surface area contributed by atoms with E-state index in [1.807, 2.05) is 79.7 Å². The van der Waals surface area contributed by atoms with Crippen molar-refractivity contribution in [3.05, 3.63) is 107 Å². The van der Waals surface area contributed by atoms with Crippen molar-refractivity contribution in [2.24, 2.45) is 0 Å². The van der Waals surface area contributed by atoms with Crippen LogP contribution in [-0.4, -0.2) is 27.7 Å². The molecule has 5 nitrogen and oxygen atoms in total. The lowest BCUT2D eigenvalue weighted by Gasteiger charge is -2.37. The van der Waals surface area contributed by atoms with Crippen LogP contribution >= 0.6 is 0 Å². The number of H-pyrrole nitrogens is 1. The number of carbonyl (C=O) groups is 2. The van der Waals surface area contributed by atoms with E-state index in [0.717, 1.165) is 33.3 Å². The third-order valence-corrected chi connectivity index (χ3v) is 6.81. The molecule has 5 heteroatoms. The van der Waals surface area contributed by atoms with Gasteiger partial charge >= 0.3 is 0 Å². The summed E-state index contributed by atoms with van der Waals surface area (Å²) in [4.78, 5) is 32.4. The van der Waals surface area contributed by atoms with Gasteiger partial charge in [-0.05, 0) is 35.7 Å². The Morgan fingerprint density at radius 1 is 1.00 bits per heavy atom. The molecule has 3 heterocycles. The second-order valence-electron chi connectivity index (χ2n) is 8.63. The molecule has 0 unspecified atom stereocenters. The van der Waals surface area contributed by atoms with Gasteiger partial charge in [-0.25, -0.2) is 0 Å². The summed E-state index contributed by atoms with van der Waals surface area (Å²) in [5.41, 5.74) is 5.85. The highest BCUT2D eigenvalue weighted by atomic mass is 16.2. The molecule has 3 aromatic carbocycles. The van der Waals surface area contributed by atoms with Gasteiger partial charge in [-0.1, -0.05) is 66.7 Å². The number of nitrogens with zero attached hydrogens (tertiary/aromatic N) is 1. The first-order valence-electron chi connectivity index (χ1n) is 11.0. The Morgan fingerprint density at radius 2 is 1.72 bits per heavy atom. The summed E-state index contributed by atoms with van der Waals surface area (Å²) in [5.74, 6) is -0.203. The fourth-order valence-electron chi connectivity index (χ4n) is 5.27. The van der Waals surface area contributed by atoms with Crippen molar-refractivity contribution in [3.63, 3.8) is 0 Å². The standard InChI is InChI=1S/C27H23N3O2/c1-16(17-9-3-2-4-10-17)28-26(31)23-15-21-18-11-7-8-14-22(18)29-24(21)25-19-12-5-6-13-20(19)27(32)30(23)25/h2-14,16,23,25,29H,15H2,1H3,(H,28,31)/t16-,23-,25-/m0/s1. The Hall–Kier alpha value is -3.86. The van der Waals surface area contributed by atoms with Crippen LogP contribution in [0.25, 0.3) is 10.9 Å². The van der Waals surface area contributed by atoms with Gasteiger partial charge in [0.2, 0.25) is 5.91 Å². The number of hydrogen-bond acceptors (Lipinski definition) is 2. The number of benzene rings is 3. The van der Waals surface area contributed by atoms with E-state index in [1.165, 1.54) is 0 Å². The molecular weight excluding hydrogens is 398 g/mol. The molecule has 0 aliphatic carbocycles. The summed E-state index contributed by atoms with van der Waals surface area (Å²) in [6.45, 7) is 1.98. The highest BCUT2D eigenvalue weighted by Crippen LogP contribution is 2.46. The maximum Gasteiger partial charge on any atom is 0.255 e. The van der Waals surface area contributed by atoms with Crippen LogP contribution in [0, 0.1) is 0 Å². The van der Waals surface area contributed by atoms with E-state index in [1.54, 1.807) is 4.90 Å². The number of nitrogens with one attached hydrogen (secondary N) is 2. The number of amides is 2. The van der Waals surface area contributed by atoms with Crippen LogP contribution in [-0.2, 0) is 11.2 Å². The first-order chi connectivity index (χ1) is 15.6. The zero-order valence-corrected chi connectivity index (χ0v) is 17.7. The predicted molar refractivity (Wildman–Crippen MR) is 123 cm³/mol. The van der Waals surface area contributed by atoms with Gasteiger partial charge < -0.3 is 15.2 Å². The normalized spacial score (nSPS) is 19.9. The Balaban J connectivity index is 1.44. The molecule has 0 radical (unpaired) electrons. The highest BCUT2D eigenvalue weighted by molar-refractivity contribution is 6.03. The number of para-hydroxylation sites is 1. The summed E-state index contributed by atoms with van der Waals surface area (Å²) >= 11 is 0. The van der Waals surface area contributed by atoms with Crippen LogP contribution in [0.5, 0.6) is 0 Å². The molecule has 6 rings (SSSR count). The molecule has 0 saturated heterocycles. The Labute approximate surface area is 186 Å². The minimum Gasteiger partial charge on any atom is -0.356 e. The SMILES string of the molecule is C[C@H](NC(=O)[C@@H]1Cc2c([nH]c3ccccc23)[C@@H]2c3ccccc3C(=O)N21)c1ccccc1. The second kappa shape index (κ2) is 7.09. The van der Waals surface area contributed by atoms with Gasteiger partial charge in [-0.2, -0.15) is 0 Å². The maximum atomic E-state index is 13.6. The van der Waals surface area contributed by atoms with Crippen molar-refractivity contribution in [2.45, 2.75) is 31.5 Å². The van der Waals surface area contributed by atoms with Crippen LogP contribution in [0.3, 0.4) is 0 Å². The zero-order chi connectivity index (χ0) is 21.8. The summed E-state index contributed by atoms with van der Waals surface area (Å²) in [6, 6.07) is 24.8. The molecule has 32 heavy (non-hydrogen) atoms. The molecule has 2 amide bonds. The van der Waals surface area contributed by atoms with E-state index in [9.17, 15) is 9.59 Å². The molecule has 0 fully saturated rings. The average molecular weight is 422 g/mol. The summed E-state index contributed by atoms with van der Waals surface area (Å²) in [6.07, 6.45) is 0.489. The predicted octanol–water partition coefficient (Wildman–Crippen LogP) is 4.52. The number of hydrogen-bond donors (Lipinski definition) is 2. The lowest BCUT2D eigenvalue weighted by molar-refractivity contribution is -0.127. The maximum absolute atomic E-state index is 13.6. The molecule has 0 spiro atoms. The fourth-order valence-corrected chi connectivity index (χ4v) is 5.27. The van der Waals surface area contributed by atoms with Gasteiger partial charge in [-0.3, -0.25) is 9.59 Å². The van der Waals surface area contributed by atoms with Crippen LogP contribution in [0.1, 0.15) is 51.7 Å². The van der Waals surface area contributed by atoms with Gasteiger partial charge in [0.05, 0.1) is 12.1 Å². The van der Waals surface area contributed by atoms with E-state index in [4.69, 9.17) is 0 Å². The largest absolute Gasteiger partial charge is 0.356 e. The van der Waals surface area contributed by atoms with E-state index >= 15 is 0 Å². The molecule has 2 N–H and O–H groups in total. The van der Waals surface area contributed by atoms with E-state index in [0.29, 0.717) is 12.0 Å². The third-order valence-electron chi connectivity index (χ3n) is 6.81. The van der Waals surface area contributed by atoms with Crippen LogP contribution in [0.2, 0.25) is 0 Å². The monoisotopic (exact) mass is 421 g/mol. The van der Waals surface area contributed by atoms with E-state index in [2.05, 4.69) is 16.4 Å². The van der Waals surface area contributed by atoms with Crippen molar-refractivity contribution in [2.75, 3.05) is 0 Å². The summed E-state index contributed by atoms with van der Waals surface area (Å²) in [7, 11) is 0. The average Bonchev–Trinajstić information content (AvgIpc) is 3.35. The minimum atomic E-state index is -0.572. The van der Waals surface area contributed by atoms with Crippen molar-refractivity contribution in [1.82, 2.24) is 15.2 Å². The zero-order valence-electron chi connectivity index (χ0n) is 17.7. The Kier molecular flexibility index (Phi) is 4.18. The Morgan fingerprint density at radius 3 is 2.56 bits per heavy atom. The molecule has 0 bridgehead atoms. The van der Waals surface area contributed by atoms with Crippen molar-refractivity contribution in [1.29, 1.82) is 0 Å². The van der Waals surface area contributed by atoms with Gasteiger partial charge in [0.25, 0.3) is 5.91 Å². The minimum absolute atomic E-state index is 0.0811. The quantitative estimate of drug-likeness (QED) is 0.511. The van der Waals surface area contributed by atoms with Crippen molar-refractivity contribution < 1.29 is 9.59 Å².